The molecule has 2 aromatic rings. The van der Waals surface area contributed by atoms with Crippen LogP contribution in [0.25, 0.3) is 6.08 Å². The third-order valence-electron chi connectivity index (χ3n) is 2.73. The Balaban J connectivity index is 1.89. The number of H-pyrrole nitrogens is 1. The molecule has 0 aliphatic carbocycles. The molecule has 2 rings (SSSR count). The molecule has 1 amide bonds. The van der Waals surface area contributed by atoms with Gasteiger partial charge in [0.1, 0.15) is 5.75 Å². The molecular weight excluding hydrogens is 270 g/mol. The lowest BCUT2D eigenvalue weighted by Crippen LogP contribution is -2.25. The van der Waals surface area contributed by atoms with Gasteiger partial charge in [-0.15, -0.1) is 10.2 Å². The lowest BCUT2D eigenvalue weighted by atomic mass is 10.2. The lowest BCUT2D eigenvalue weighted by Gasteiger charge is -2.07. The number of hydrogen-bond donors (Lipinski definition) is 2. The summed E-state index contributed by atoms with van der Waals surface area (Å²) in [6, 6.07) is 7.20. The van der Waals surface area contributed by atoms with E-state index in [1.165, 1.54) is 6.08 Å². The van der Waals surface area contributed by atoms with E-state index in [1.54, 1.807) is 13.0 Å². The first kappa shape index (κ1) is 14.7. The molecule has 2 N–H and O–H groups in total. The molecule has 0 saturated heterocycles. The Morgan fingerprint density at radius 2 is 2.19 bits per heavy atom. The summed E-state index contributed by atoms with van der Waals surface area (Å²) in [5, 5.41) is 16.2. The summed E-state index contributed by atoms with van der Waals surface area (Å²) in [7, 11) is 0. The number of aromatic amines is 1. The van der Waals surface area contributed by atoms with Crippen molar-refractivity contribution in [2.45, 2.75) is 19.9 Å². The number of aromatic nitrogens is 4. The summed E-state index contributed by atoms with van der Waals surface area (Å²) in [6.45, 7) is 4.35. The second kappa shape index (κ2) is 7.18. The van der Waals surface area contributed by atoms with Crippen molar-refractivity contribution >= 4 is 12.0 Å². The summed E-state index contributed by atoms with van der Waals surface area (Å²) < 4.78 is 5.35. The van der Waals surface area contributed by atoms with Crippen molar-refractivity contribution in [2.24, 2.45) is 0 Å². The predicted octanol–water partition coefficient (Wildman–Crippen LogP) is 1.49. The van der Waals surface area contributed by atoms with Gasteiger partial charge in [0, 0.05) is 6.08 Å². The van der Waals surface area contributed by atoms with E-state index in [4.69, 9.17) is 4.74 Å². The number of rotatable bonds is 6. The number of carbonyl (C=O) groups is 1. The molecule has 21 heavy (non-hydrogen) atoms. The van der Waals surface area contributed by atoms with Gasteiger partial charge in [0.2, 0.25) is 5.91 Å². The highest BCUT2D eigenvalue weighted by atomic mass is 16.5. The van der Waals surface area contributed by atoms with Gasteiger partial charge in [-0.2, -0.15) is 5.21 Å². The van der Waals surface area contributed by atoms with Crippen LogP contribution in [0.5, 0.6) is 5.75 Å². The Bertz CT molecular complexity index is 592. The van der Waals surface area contributed by atoms with Gasteiger partial charge in [0.05, 0.1) is 12.6 Å². The van der Waals surface area contributed by atoms with Crippen LogP contribution >= 0.6 is 0 Å². The number of carbonyl (C=O) groups excluding carboxylic acids is 1. The quantitative estimate of drug-likeness (QED) is 0.785. The molecule has 0 saturated carbocycles. The Morgan fingerprint density at radius 3 is 2.81 bits per heavy atom. The smallest absolute Gasteiger partial charge is 0.244 e. The highest BCUT2D eigenvalue weighted by molar-refractivity contribution is 5.91. The fourth-order valence-corrected chi connectivity index (χ4v) is 1.69. The zero-order valence-corrected chi connectivity index (χ0v) is 11.9. The first-order chi connectivity index (χ1) is 10.2. The summed E-state index contributed by atoms with van der Waals surface area (Å²) >= 11 is 0. The number of ether oxygens (including phenoxy) is 1. The van der Waals surface area contributed by atoms with Gasteiger partial charge in [-0.05, 0) is 37.6 Å². The molecule has 110 valence electrons. The van der Waals surface area contributed by atoms with Crippen molar-refractivity contribution in [2.75, 3.05) is 6.61 Å². The molecule has 0 bridgehead atoms. The predicted molar refractivity (Wildman–Crippen MR) is 77.4 cm³/mol. The van der Waals surface area contributed by atoms with E-state index in [0.717, 1.165) is 11.3 Å². The largest absolute Gasteiger partial charge is 0.494 e. The fourth-order valence-electron chi connectivity index (χ4n) is 1.69. The van der Waals surface area contributed by atoms with Crippen LogP contribution in [0.3, 0.4) is 0 Å². The monoisotopic (exact) mass is 287 g/mol. The summed E-state index contributed by atoms with van der Waals surface area (Å²) in [4.78, 5) is 11.8. The van der Waals surface area contributed by atoms with Crippen LogP contribution in [0.15, 0.2) is 30.3 Å². The summed E-state index contributed by atoms with van der Waals surface area (Å²) in [6.07, 6.45) is 3.19. The molecular formula is C14H17N5O2. The summed E-state index contributed by atoms with van der Waals surface area (Å²) in [5.74, 6) is 1.03. The van der Waals surface area contributed by atoms with Crippen LogP contribution in [0.2, 0.25) is 0 Å². The Morgan fingerprint density at radius 1 is 1.43 bits per heavy atom. The minimum Gasteiger partial charge on any atom is -0.494 e. The molecule has 0 aliphatic rings. The average Bonchev–Trinajstić information content (AvgIpc) is 3.01. The second-order valence-corrected chi connectivity index (χ2v) is 4.34. The summed E-state index contributed by atoms with van der Waals surface area (Å²) in [5.41, 5.74) is 0.917. The van der Waals surface area contributed by atoms with Crippen LogP contribution in [0.4, 0.5) is 0 Å². The standard InChI is InChI=1S/C14H17N5O2/c1-3-21-12-7-4-11(5-8-12)6-9-13(20)15-10(2)14-16-18-19-17-14/h4-10H,3H2,1-2H3,(H,15,20)(H,16,17,18,19). The Kier molecular flexibility index (Phi) is 5.03. The topological polar surface area (TPSA) is 92.8 Å². The van der Waals surface area contributed by atoms with E-state index in [0.29, 0.717) is 12.4 Å². The molecule has 1 heterocycles. The number of hydrogen-bond acceptors (Lipinski definition) is 5. The number of benzene rings is 1. The van der Waals surface area contributed by atoms with Gasteiger partial charge in [0.25, 0.3) is 0 Å². The fraction of sp³-hybridized carbons (Fsp3) is 0.286. The zero-order valence-electron chi connectivity index (χ0n) is 11.9. The van der Waals surface area contributed by atoms with E-state index < -0.39 is 0 Å². The maximum Gasteiger partial charge on any atom is 0.244 e. The first-order valence-corrected chi connectivity index (χ1v) is 6.64. The van der Waals surface area contributed by atoms with Gasteiger partial charge in [-0.3, -0.25) is 4.79 Å². The Labute approximate surface area is 122 Å². The minimum absolute atomic E-state index is 0.221. The number of nitrogens with zero attached hydrogens (tertiary/aromatic N) is 3. The molecule has 7 heteroatoms. The molecule has 1 aromatic carbocycles. The highest BCUT2D eigenvalue weighted by Gasteiger charge is 2.11. The first-order valence-electron chi connectivity index (χ1n) is 6.64. The number of nitrogens with one attached hydrogen (secondary N) is 2. The third-order valence-corrected chi connectivity index (χ3v) is 2.73. The van der Waals surface area contributed by atoms with E-state index >= 15 is 0 Å². The molecule has 7 nitrogen and oxygen atoms in total. The number of amides is 1. The van der Waals surface area contributed by atoms with Crippen LogP contribution in [-0.2, 0) is 4.79 Å². The zero-order chi connectivity index (χ0) is 15.1. The van der Waals surface area contributed by atoms with Crippen LogP contribution in [0, 0.1) is 0 Å². The molecule has 1 unspecified atom stereocenters. The van der Waals surface area contributed by atoms with Crippen LogP contribution in [-0.4, -0.2) is 33.1 Å². The van der Waals surface area contributed by atoms with E-state index in [2.05, 4.69) is 25.9 Å². The normalized spacial score (nSPS) is 12.3. The van der Waals surface area contributed by atoms with E-state index in [-0.39, 0.29) is 11.9 Å². The molecule has 0 spiro atoms. The van der Waals surface area contributed by atoms with E-state index in [1.807, 2.05) is 31.2 Å². The molecule has 1 aromatic heterocycles. The number of tetrazole rings is 1. The van der Waals surface area contributed by atoms with E-state index in [9.17, 15) is 4.79 Å². The highest BCUT2D eigenvalue weighted by Crippen LogP contribution is 2.13. The van der Waals surface area contributed by atoms with Crippen molar-refractivity contribution in [3.05, 3.63) is 41.7 Å². The maximum atomic E-state index is 11.8. The third kappa shape index (κ3) is 4.41. The van der Waals surface area contributed by atoms with Crippen molar-refractivity contribution in [3.8, 4) is 5.75 Å². The average molecular weight is 287 g/mol. The van der Waals surface area contributed by atoms with Crippen molar-refractivity contribution in [3.63, 3.8) is 0 Å². The van der Waals surface area contributed by atoms with Crippen LogP contribution in [0.1, 0.15) is 31.3 Å². The Hall–Kier alpha value is -2.70. The van der Waals surface area contributed by atoms with Crippen LogP contribution < -0.4 is 10.1 Å². The van der Waals surface area contributed by atoms with Crippen molar-refractivity contribution in [1.82, 2.24) is 25.9 Å². The SMILES string of the molecule is CCOc1ccc(C=CC(=O)NC(C)c2nn[nH]n2)cc1. The molecule has 0 radical (unpaired) electrons. The second-order valence-electron chi connectivity index (χ2n) is 4.34. The van der Waals surface area contributed by atoms with Gasteiger partial charge in [0.15, 0.2) is 5.82 Å². The van der Waals surface area contributed by atoms with Gasteiger partial charge in [-0.25, -0.2) is 0 Å². The van der Waals surface area contributed by atoms with Gasteiger partial charge < -0.3 is 10.1 Å². The molecule has 1 atom stereocenters. The maximum absolute atomic E-state index is 11.8. The lowest BCUT2D eigenvalue weighted by molar-refractivity contribution is -0.117. The van der Waals surface area contributed by atoms with Crippen molar-refractivity contribution in [1.29, 1.82) is 0 Å². The minimum atomic E-state index is -0.304. The molecule has 0 aliphatic heterocycles. The van der Waals surface area contributed by atoms with Gasteiger partial charge >= 0.3 is 0 Å². The molecule has 0 fully saturated rings. The van der Waals surface area contributed by atoms with Gasteiger partial charge in [-0.1, -0.05) is 17.3 Å². The van der Waals surface area contributed by atoms with Crippen molar-refractivity contribution < 1.29 is 9.53 Å².